The van der Waals surface area contributed by atoms with Crippen molar-refractivity contribution in [1.29, 1.82) is 0 Å². The van der Waals surface area contributed by atoms with Gasteiger partial charge < -0.3 is 33.2 Å². The quantitative estimate of drug-likeness (QED) is 0.436. The van der Waals surface area contributed by atoms with Gasteiger partial charge in [-0.05, 0) is 17.7 Å². The molecule has 0 bridgehead atoms. The van der Waals surface area contributed by atoms with E-state index in [1.165, 1.54) is 13.8 Å². The van der Waals surface area contributed by atoms with Crippen LogP contribution in [0.1, 0.15) is 32.1 Å². The number of ether oxygens (including phenoxy) is 7. The van der Waals surface area contributed by atoms with Gasteiger partial charge in [-0.1, -0.05) is 36.4 Å². The predicted molar refractivity (Wildman–Crippen MR) is 118 cm³/mol. The van der Waals surface area contributed by atoms with Crippen LogP contribution in [0, 0.1) is 0 Å². The van der Waals surface area contributed by atoms with Gasteiger partial charge in [-0.15, -0.1) is 0 Å². The van der Waals surface area contributed by atoms with E-state index in [0.29, 0.717) is 13.0 Å². The number of methoxy groups -OCH3 is 1. The van der Waals surface area contributed by atoms with E-state index in [4.69, 9.17) is 33.2 Å². The lowest BCUT2D eigenvalue weighted by Gasteiger charge is -2.42. The second-order valence-corrected chi connectivity index (χ2v) is 8.33. The van der Waals surface area contributed by atoms with Crippen LogP contribution >= 0.6 is 0 Å². The molecule has 1 aromatic rings. The fraction of sp³-hybridized carbons (Fsp3) is 0.520. The summed E-state index contributed by atoms with van der Waals surface area (Å²) in [4.78, 5) is 22.8. The second-order valence-electron chi connectivity index (χ2n) is 8.33. The molecule has 0 aromatic heterocycles. The third-order valence-corrected chi connectivity index (χ3v) is 5.77. The molecule has 9 heteroatoms. The van der Waals surface area contributed by atoms with Crippen molar-refractivity contribution < 1.29 is 42.7 Å². The van der Waals surface area contributed by atoms with Gasteiger partial charge in [-0.2, -0.15) is 0 Å². The normalized spacial score (nSPS) is 32.9. The standard InChI is InChI=1S/C25H30O9/c1-15(26)29-13-21-20(31-16(2)27)10-9-19(32-21)11-18-12-23(28-3)33-22-14-30-25(34-24(18)22)17-7-5-4-6-8-17/h4-10,12,19-25H,11,13-14H2,1-3H3. The molecule has 1 aromatic carbocycles. The molecular weight excluding hydrogens is 444 g/mol. The highest BCUT2D eigenvalue weighted by Crippen LogP contribution is 2.36. The summed E-state index contributed by atoms with van der Waals surface area (Å²) in [7, 11) is 1.58. The molecule has 0 aliphatic carbocycles. The van der Waals surface area contributed by atoms with E-state index in [1.807, 2.05) is 42.5 Å². The van der Waals surface area contributed by atoms with Crippen LogP contribution in [0.4, 0.5) is 0 Å². The zero-order valence-electron chi connectivity index (χ0n) is 19.5. The van der Waals surface area contributed by atoms with Crippen molar-refractivity contribution in [2.24, 2.45) is 0 Å². The van der Waals surface area contributed by atoms with Crippen LogP contribution < -0.4 is 0 Å². The van der Waals surface area contributed by atoms with Crippen molar-refractivity contribution >= 4 is 11.9 Å². The van der Waals surface area contributed by atoms with E-state index in [1.54, 1.807) is 13.2 Å². The molecule has 3 aliphatic rings. The summed E-state index contributed by atoms with van der Waals surface area (Å²) in [5.41, 5.74) is 1.88. The fourth-order valence-corrected chi connectivity index (χ4v) is 4.23. The van der Waals surface area contributed by atoms with Crippen LogP contribution in [0.15, 0.2) is 54.1 Å². The first-order valence-electron chi connectivity index (χ1n) is 11.3. The molecule has 9 nitrogen and oxygen atoms in total. The molecule has 0 amide bonds. The summed E-state index contributed by atoms with van der Waals surface area (Å²) >= 11 is 0. The third-order valence-electron chi connectivity index (χ3n) is 5.77. The van der Waals surface area contributed by atoms with Gasteiger partial charge in [0.25, 0.3) is 0 Å². The Balaban J connectivity index is 1.50. The van der Waals surface area contributed by atoms with Gasteiger partial charge >= 0.3 is 11.9 Å². The van der Waals surface area contributed by atoms with Gasteiger partial charge in [0, 0.05) is 32.9 Å². The summed E-state index contributed by atoms with van der Waals surface area (Å²) < 4.78 is 40.2. The molecule has 0 radical (unpaired) electrons. The number of esters is 2. The van der Waals surface area contributed by atoms with Gasteiger partial charge in [0.15, 0.2) is 12.6 Å². The highest BCUT2D eigenvalue weighted by molar-refractivity contribution is 5.66. The molecule has 0 N–H and O–H groups in total. The van der Waals surface area contributed by atoms with Crippen molar-refractivity contribution in [2.45, 2.75) is 63.4 Å². The van der Waals surface area contributed by atoms with Gasteiger partial charge in [0.05, 0.1) is 12.7 Å². The Bertz CT molecular complexity index is 912. The Hall–Kier alpha value is -2.56. The second kappa shape index (κ2) is 11.2. The fourth-order valence-electron chi connectivity index (χ4n) is 4.23. The lowest BCUT2D eigenvalue weighted by Crippen LogP contribution is -2.49. The third kappa shape index (κ3) is 6.11. The van der Waals surface area contributed by atoms with Gasteiger partial charge in [-0.3, -0.25) is 9.59 Å². The first kappa shape index (κ1) is 24.6. The van der Waals surface area contributed by atoms with E-state index >= 15 is 0 Å². The van der Waals surface area contributed by atoms with Gasteiger partial charge in [0.2, 0.25) is 0 Å². The maximum atomic E-state index is 11.5. The summed E-state index contributed by atoms with van der Waals surface area (Å²) in [6.45, 7) is 2.97. The van der Waals surface area contributed by atoms with E-state index in [0.717, 1.165) is 11.1 Å². The maximum Gasteiger partial charge on any atom is 0.303 e. The molecule has 184 valence electrons. The number of rotatable bonds is 7. The van der Waals surface area contributed by atoms with Crippen molar-refractivity contribution in [3.63, 3.8) is 0 Å². The summed E-state index contributed by atoms with van der Waals surface area (Å²) in [6.07, 6.45) is 2.67. The molecule has 7 unspecified atom stereocenters. The largest absolute Gasteiger partial charge is 0.463 e. The minimum absolute atomic E-state index is 0.0244. The van der Waals surface area contributed by atoms with Crippen molar-refractivity contribution in [3.8, 4) is 0 Å². The monoisotopic (exact) mass is 474 g/mol. The van der Waals surface area contributed by atoms with E-state index in [2.05, 4.69) is 0 Å². The lowest BCUT2D eigenvalue weighted by molar-refractivity contribution is -0.285. The molecule has 1 saturated heterocycles. The molecule has 3 aliphatic heterocycles. The predicted octanol–water partition coefficient (Wildman–Crippen LogP) is 2.61. The van der Waals surface area contributed by atoms with Crippen LogP contribution in [-0.4, -0.2) is 69.1 Å². The molecule has 4 rings (SSSR count). The highest BCUT2D eigenvalue weighted by atomic mass is 16.7. The SMILES string of the molecule is COC1C=C(CC2C=CC(OC(C)=O)C(COC(C)=O)O2)C2OC(c3ccccc3)OCC2O1. The minimum atomic E-state index is -0.641. The first-order chi connectivity index (χ1) is 16.4. The molecule has 0 saturated carbocycles. The minimum Gasteiger partial charge on any atom is -0.463 e. The number of fused-ring (bicyclic) bond motifs is 1. The molecular formula is C25H30O9. The van der Waals surface area contributed by atoms with E-state index in [-0.39, 0.29) is 24.9 Å². The Morgan fingerprint density at radius 1 is 1.03 bits per heavy atom. The van der Waals surface area contributed by atoms with Crippen LogP contribution in [0.3, 0.4) is 0 Å². The number of hydrogen-bond acceptors (Lipinski definition) is 9. The number of hydrogen-bond donors (Lipinski definition) is 0. The molecule has 1 fully saturated rings. The Morgan fingerprint density at radius 3 is 2.53 bits per heavy atom. The van der Waals surface area contributed by atoms with Gasteiger partial charge in [-0.25, -0.2) is 0 Å². The summed E-state index contributed by atoms with van der Waals surface area (Å²) in [6, 6.07) is 9.73. The number of carbonyl (C=O) groups excluding carboxylic acids is 2. The molecule has 34 heavy (non-hydrogen) atoms. The topological polar surface area (TPSA) is 98.8 Å². The van der Waals surface area contributed by atoms with Crippen molar-refractivity contribution in [1.82, 2.24) is 0 Å². The van der Waals surface area contributed by atoms with E-state index < -0.39 is 36.7 Å². The average molecular weight is 475 g/mol. The van der Waals surface area contributed by atoms with E-state index in [9.17, 15) is 9.59 Å². The van der Waals surface area contributed by atoms with Gasteiger partial charge in [0.1, 0.15) is 31.0 Å². The van der Waals surface area contributed by atoms with Crippen LogP contribution in [0.2, 0.25) is 0 Å². The first-order valence-corrected chi connectivity index (χ1v) is 11.3. The highest BCUT2D eigenvalue weighted by Gasteiger charge is 2.41. The zero-order chi connectivity index (χ0) is 24.1. The zero-order valence-corrected chi connectivity index (χ0v) is 19.5. The molecule has 7 atom stereocenters. The molecule has 0 spiro atoms. The lowest BCUT2D eigenvalue weighted by atomic mass is 9.93. The number of benzene rings is 1. The van der Waals surface area contributed by atoms with Crippen molar-refractivity contribution in [2.75, 3.05) is 20.3 Å². The number of carbonyl (C=O) groups is 2. The maximum absolute atomic E-state index is 11.5. The van der Waals surface area contributed by atoms with Crippen LogP contribution in [0.25, 0.3) is 0 Å². The average Bonchev–Trinajstić information content (AvgIpc) is 2.83. The summed E-state index contributed by atoms with van der Waals surface area (Å²) in [5.74, 6) is -0.873. The Morgan fingerprint density at radius 2 is 1.82 bits per heavy atom. The van der Waals surface area contributed by atoms with Crippen LogP contribution in [-0.2, 0) is 42.7 Å². The Labute approximate surface area is 198 Å². The Kier molecular flexibility index (Phi) is 8.12. The smallest absolute Gasteiger partial charge is 0.303 e. The van der Waals surface area contributed by atoms with Crippen LogP contribution in [0.5, 0.6) is 0 Å². The molecule has 3 heterocycles. The summed E-state index contributed by atoms with van der Waals surface area (Å²) in [5, 5.41) is 0. The van der Waals surface area contributed by atoms with Crippen molar-refractivity contribution in [3.05, 3.63) is 59.7 Å².